The number of carbonyl (C=O) groups is 1. The van der Waals surface area contributed by atoms with E-state index in [9.17, 15) is 4.79 Å². The molecule has 0 aliphatic carbocycles. The van der Waals surface area contributed by atoms with Crippen molar-refractivity contribution in [1.82, 2.24) is 15.2 Å². The molecule has 2 aromatic heterocycles. The van der Waals surface area contributed by atoms with Crippen LogP contribution < -0.4 is 0 Å². The predicted molar refractivity (Wildman–Crippen MR) is 58.4 cm³/mol. The lowest BCUT2D eigenvalue weighted by atomic mass is 10.1. The molecule has 0 radical (unpaired) electrons. The first-order valence-corrected chi connectivity index (χ1v) is 4.71. The van der Waals surface area contributed by atoms with E-state index in [-0.39, 0.29) is 5.69 Å². The molecule has 0 amide bonds. The summed E-state index contributed by atoms with van der Waals surface area (Å²) in [6.45, 7) is 0. The third kappa shape index (κ3) is 1.08. The van der Waals surface area contributed by atoms with Crippen molar-refractivity contribution in [3.05, 3.63) is 36.3 Å². The second kappa shape index (κ2) is 3.03. The second-order valence-corrected chi connectivity index (χ2v) is 3.46. The number of carboxylic acids is 1. The van der Waals surface area contributed by atoms with Gasteiger partial charge in [0.25, 0.3) is 0 Å². The molecule has 1 aromatic carbocycles. The zero-order valence-corrected chi connectivity index (χ0v) is 8.14. The first kappa shape index (κ1) is 8.84. The summed E-state index contributed by atoms with van der Waals surface area (Å²) < 4.78 is 0. The number of carboxylic acid groups (broad SMARTS) is 1. The molecule has 0 aliphatic heterocycles. The van der Waals surface area contributed by atoms with Gasteiger partial charge in [-0.05, 0) is 12.1 Å². The van der Waals surface area contributed by atoms with Gasteiger partial charge in [-0.25, -0.2) is 4.79 Å². The zero-order valence-electron chi connectivity index (χ0n) is 8.14. The molecule has 0 saturated heterocycles. The lowest BCUT2D eigenvalue weighted by Crippen LogP contribution is -1.96. The van der Waals surface area contributed by atoms with Gasteiger partial charge in [0.2, 0.25) is 0 Å². The molecule has 2 N–H and O–H groups in total. The largest absolute Gasteiger partial charge is 0.477 e. The van der Waals surface area contributed by atoms with Crippen LogP contribution in [0.4, 0.5) is 0 Å². The number of H-pyrrole nitrogens is 1. The van der Waals surface area contributed by atoms with Gasteiger partial charge in [-0.1, -0.05) is 6.07 Å². The fourth-order valence-corrected chi connectivity index (χ4v) is 1.81. The number of fused-ring (bicyclic) bond motifs is 3. The highest BCUT2D eigenvalue weighted by Crippen LogP contribution is 2.24. The SMILES string of the molecule is O=C(O)c1[nH]nc2c1ccc1cnccc12. The molecule has 3 aromatic rings. The van der Waals surface area contributed by atoms with Crippen LogP contribution in [0.3, 0.4) is 0 Å². The molecule has 3 rings (SSSR count). The number of aromatic carboxylic acids is 1. The van der Waals surface area contributed by atoms with Crippen LogP contribution in [-0.4, -0.2) is 26.3 Å². The summed E-state index contributed by atoms with van der Waals surface area (Å²) in [5, 5.41) is 18.0. The Morgan fingerprint density at radius 3 is 2.94 bits per heavy atom. The Morgan fingerprint density at radius 1 is 1.25 bits per heavy atom. The number of aromatic amines is 1. The minimum atomic E-state index is -1.00. The average molecular weight is 213 g/mol. The summed E-state index contributed by atoms with van der Waals surface area (Å²) in [5.41, 5.74) is 0.783. The molecule has 0 fully saturated rings. The molecule has 0 atom stereocenters. The summed E-state index contributed by atoms with van der Waals surface area (Å²) in [6, 6.07) is 5.41. The normalized spacial score (nSPS) is 11.0. The minimum Gasteiger partial charge on any atom is -0.477 e. The maximum Gasteiger partial charge on any atom is 0.354 e. The van der Waals surface area contributed by atoms with Crippen molar-refractivity contribution in [2.75, 3.05) is 0 Å². The Hall–Kier alpha value is -2.43. The molecule has 78 valence electrons. The molecule has 5 heteroatoms. The molecule has 0 bridgehead atoms. The molecule has 0 aliphatic rings. The molecule has 0 saturated carbocycles. The molecule has 5 nitrogen and oxygen atoms in total. The van der Waals surface area contributed by atoms with Crippen LogP contribution in [0, 0.1) is 0 Å². The minimum absolute atomic E-state index is 0.119. The first-order chi connectivity index (χ1) is 7.77. The van der Waals surface area contributed by atoms with Gasteiger partial charge in [-0.15, -0.1) is 0 Å². The van der Waals surface area contributed by atoms with E-state index in [1.807, 2.05) is 12.1 Å². The topological polar surface area (TPSA) is 78.9 Å². The maximum absolute atomic E-state index is 10.9. The number of pyridine rings is 1. The van der Waals surface area contributed by atoms with Crippen LogP contribution in [0.1, 0.15) is 10.5 Å². The maximum atomic E-state index is 10.9. The van der Waals surface area contributed by atoms with Gasteiger partial charge < -0.3 is 5.11 Å². The zero-order chi connectivity index (χ0) is 11.1. The summed E-state index contributed by atoms with van der Waals surface area (Å²) in [4.78, 5) is 14.9. The van der Waals surface area contributed by atoms with Gasteiger partial charge in [0.1, 0.15) is 5.52 Å². The van der Waals surface area contributed by atoms with E-state index >= 15 is 0 Å². The lowest BCUT2D eigenvalue weighted by Gasteiger charge is -1.96. The summed E-state index contributed by atoms with van der Waals surface area (Å²) in [5.74, 6) is -1.00. The van der Waals surface area contributed by atoms with Gasteiger partial charge in [0, 0.05) is 28.6 Å². The highest BCUT2D eigenvalue weighted by Gasteiger charge is 2.13. The number of benzene rings is 1. The Balaban J connectivity index is 2.49. The van der Waals surface area contributed by atoms with Crippen LogP contribution in [0.2, 0.25) is 0 Å². The van der Waals surface area contributed by atoms with E-state index in [1.165, 1.54) is 0 Å². The highest BCUT2D eigenvalue weighted by molar-refractivity contribution is 6.11. The molecule has 2 heterocycles. The number of aromatic nitrogens is 3. The third-order valence-electron chi connectivity index (χ3n) is 2.55. The molecular weight excluding hydrogens is 206 g/mol. The van der Waals surface area contributed by atoms with Crippen molar-refractivity contribution in [1.29, 1.82) is 0 Å². The molecular formula is C11H7N3O2. The Morgan fingerprint density at radius 2 is 2.12 bits per heavy atom. The Kier molecular flexibility index (Phi) is 1.67. The van der Waals surface area contributed by atoms with E-state index in [0.717, 1.165) is 10.8 Å². The summed E-state index contributed by atoms with van der Waals surface area (Å²) >= 11 is 0. The Labute approximate surface area is 89.7 Å². The van der Waals surface area contributed by atoms with Crippen molar-refractivity contribution < 1.29 is 9.90 Å². The average Bonchev–Trinajstić information content (AvgIpc) is 2.73. The fraction of sp³-hybridized carbons (Fsp3) is 0. The van der Waals surface area contributed by atoms with Crippen molar-refractivity contribution in [3.8, 4) is 0 Å². The summed E-state index contributed by atoms with van der Waals surface area (Å²) in [7, 11) is 0. The van der Waals surface area contributed by atoms with Crippen LogP contribution in [0.5, 0.6) is 0 Å². The monoisotopic (exact) mass is 213 g/mol. The van der Waals surface area contributed by atoms with E-state index < -0.39 is 5.97 Å². The van der Waals surface area contributed by atoms with Crippen LogP contribution in [0.25, 0.3) is 21.7 Å². The highest BCUT2D eigenvalue weighted by atomic mass is 16.4. The first-order valence-electron chi connectivity index (χ1n) is 4.71. The lowest BCUT2D eigenvalue weighted by molar-refractivity contribution is 0.0692. The third-order valence-corrected chi connectivity index (χ3v) is 2.55. The van der Waals surface area contributed by atoms with E-state index in [2.05, 4.69) is 15.2 Å². The quantitative estimate of drug-likeness (QED) is 0.646. The predicted octanol–water partition coefficient (Wildman–Crippen LogP) is 1.81. The smallest absolute Gasteiger partial charge is 0.354 e. The molecule has 16 heavy (non-hydrogen) atoms. The van der Waals surface area contributed by atoms with Crippen LogP contribution in [0.15, 0.2) is 30.6 Å². The van der Waals surface area contributed by atoms with E-state index in [4.69, 9.17) is 5.11 Å². The van der Waals surface area contributed by atoms with Crippen molar-refractivity contribution in [2.45, 2.75) is 0 Å². The van der Waals surface area contributed by atoms with Crippen LogP contribution >= 0.6 is 0 Å². The van der Waals surface area contributed by atoms with E-state index in [0.29, 0.717) is 10.9 Å². The standard InChI is InChI=1S/C11H7N3O2/c15-11(16)10-8-2-1-6-5-12-4-3-7(6)9(8)13-14-10/h1-5H,(H,13,14)(H,15,16). The summed E-state index contributed by atoms with van der Waals surface area (Å²) in [6.07, 6.45) is 3.39. The van der Waals surface area contributed by atoms with Crippen molar-refractivity contribution in [2.24, 2.45) is 0 Å². The number of nitrogens with zero attached hydrogens (tertiary/aromatic N) is 2. The molecule has 0 spiro atoms. The van der Waals surface area contributed by atoms with Gasteiger partial charge in [-0.2, -0.15) is 5.10 Å². The number of nitrogens with one attached hydrogen (secondary N) is 1. The van der Waals surface area contributed by atoms with Crippen molar-refractivity contribution >= 4 is 27.6 Å². The van der Waals surface area contributed by atoms with Crippen LogP contribution in [-0.2, 0) is 0 Å². The fourth-order valence-electron chi connectivity index (χ4n) is 1.81. The number of rotatable bonds is 1. The van der Waals surface area contributed by atoms with Gasteiger partial charge in [0.05, 0.1) is 0 Å². The van der Waals surface area contributed by atoms with Gasteiger partial charge in [0.15, 0.2) is 5.69 Å². The van der Waals surface area contributed by atoms with Gasteiger partial charge >= 0.3 is 5.97 Å². The van der Waals surface area contributed by atoms with E-state index in [1.54, 1.807) is 18.5 Å². The number of hydrogen-bond acceptors (Lipinski definition) is 3. The second-order valence-electron chi connectivity index (χ2n) is 3.46. The molecule has 0 unspecified atom stereocenters. The Bertz CT molecular complexity index is 703. The number of hydrogen-bond donors (Lipinski definition) is 2. The van der Waals surface area contributed by atoms with Crippen molar-refractivity contribution in [3.63, 3.8) is 0 Å². The van der Waals surface area contributed by atoms with Gasteiger partial charge in [-0.3, -0.25) is 10.1 Å².